The smallest absolute Gasteiger partial charge is 0.240 e. The third kappa shape index (κ3) is 3.73. The van der Waals surface area contributed by atoms with Crippen molar-refractivity contribution in [1.29, 1.82) is 0 Å². The van der Waals surface area contributed by atoms with E-state index >= 15 is 0 Å². The van der Waals surface area contributed by atoms with E-state index in [1.165, 1.54) is 11.8 Å². The van der Waals surface area contributed by atoms with Crippen LogP contribution in [0.2, 0.25) is 0 Å². The molecule has 0 aliphatic carbocycles. The van der Waals surface area contributed by atoms with Crippen LogP contribution < -0.4 is 10.2 Å². The van der Waals surface area contributed by atoms with Gasteiger partial charge in [-0.2, -0.15) is 0 Å². The summed E-state index contributed by atoms with van der Waals surface area (Å²) in [5.41, 5.74) is 0.811. The lowest BCUT2D eigenvalue weighted by Crippen LogP contribution is -2.46. The van der Waals surface area contributed by atoms with Crippen molar-refractivity contribution in [2.45, 2.75) is 24.4 Å². The average Bonchev–Trinajstić information content (AvgIpc) is 3.03. The summed E-state index contributed by atoms with van der Waals surface area (Å²) < 4.78 is 1.91. The van der Waals surface area contributed by atoms with Crippen LogP contribution >= 0.6 is 11.8 Å². The average molecular weight is 330 g/mol. The molecule has 0 saturated carbocycles. The topological polar surface area (TPSA) is 67.2 Å². The number of nitrogens with one attached hydrogen (secondary N) is 1. The first kappa shape index (κ1) is 15.6. The summed E-state index contributed by atoms with van der Waals surface area (Å²) in [6.07, 6.45) is 5.27. The van der Waals surface area contributed by atoms with Gasteiger partial charge in [-0.25, -0.2) is 4.98 Å². The Labute approximate surface area is 138 Å². The van der Waals surface area contributed by atoms with E-state index < -0.39 is 0 Å². The number of hydrogen-bond acceptors (Lipinski definition) is 4. The second-order valence-corrected chi connectivity index (χ2v) is 6.48. The molecule has 0 bridgehead atoms. The van der Waals surface area contributed by atoms with E-state index in [1.54, 1.807) is 17.4 Å². The van der Waals surface area contributed by atoms with Gasteiger partial charge in [-0.3, -0.25) is 9.59 Å². The Kier molecular flexibility index (Phi) is 4.66. The summed E-state index contributed by atoms with van der Waals surface area (Å²) in [7, 11) is 0. The third-order valence-corrected chi connectivity index (χ3v) is 4.61. The van der Waals surface area contributed by atoms with Gasteiger partial charge in [0.15, 0.2) is 0 Å². The predicted molar refractivity (Wildman–Crippen MR) is 89.4 cm³/mol. The number of anilines is 1. The first-order valence-corrected chi connectivity index (χ1v) is 8.39. The summed E-state index contributed by atoms with van der Waals surface area (Å²) in [4.78, 5) is 31.0. The molecule has 7 heteroatoms. The number of rotatable bonds is 5. The minimum absolute atomic E-state index is 0.0360. The second kappa shape index (κ2) is 6.87. The highest BCUT2D eigenvalue weighted by molar-refractivity contribution is 8.00. The van der Waals surface area contributed by atoms with E-state index in [0.717, 1.165) is 10.6 Å². The fourth-order valence-corrected chi connectivity index (χ4v) is 3.48. The number of aromatic nitrogens is 2. The van der Waals surface area contributed by atoms with Crippen molar-refractivity contribution in [2.24, 2.45) is 0 Å². The summed E-state index contributed by atoms with van der Waals surface area (Å²) in [6.45, 7) is 2.62. The predicted octanol–water partition coefficient (Wildman–Crippen LogP) is 1.53. The van der Waals surface area contributed by atoms with Crippen molar-refractivity contribution in [3.05, 3.63) is 43.0 Å². The fraction of sp³-hybridized carbons (Fsp3) is 0.312. The van der Waals surface area contributed by atoms with Crippen LogP contribution in [-0.4, -0.2) is 39.7 Å². The van der Waals surface area contributed by atoms with Crippen LogP contribution in [0, 0.1) is 0 Å². The van der Waals surface area contributed by atoms with Crippen molar-refractivity contribution < 1.29 is 9.59 Å². The molecule has 1 aromatic heterocycles. The zero-order valence-corrected chi connectivity index (χ0v) is 13.6. The summed E-state index contributed by atoms with van der Waals surface area (Å²) in [5.74, 6) is 0.174. The number of thioether (sulfide) groups is 1. The zero-order chi connectivity index (χ0) is 16.2. The van der Waals surface area contributed by atoms with Crippen LogP contribution in [0.15, 0.2) is 47.9 Å². The molecular formula is C16H18N4O2S. The van der Waals surface area contributed by atoms with Crippen molar-refractivity contribution in [1.82, 2.24) is 14.9 Å². The van der Waals surface area contributed by atoms with Crippen molar-refractivity contribution in [3.63, 3.8) is 0 Å². The molecular weight excluding hydrogens is 312 g/mol. The van der Waals surface area contributed by atoms with E-state index in [2.05, 4.69) is 10.3 Å². The Morgan fingerprint density at radius 3 is 3.04 bits per heavy atom. The van der Waals surface area contributed by atoms with Gasteiger partial charge in [0.05, 0.1) is 17.8 Å². The Hall–Kier alpha value is -2.28. The Morgan fingerprint density at radius 2 is 2.26 bits per heavy atom. The minimum atomic E-state index is -0.160. The number of benzene rings is 1. The second-order valence-electron chi connectivity index (χ2n) is 5.46. The first-order chi connectivity index (χ1) is 11.1. The molecule has 2 amide bonds. The molecule has 1 aliphatic heterocycles. The van der Waals surface area contributed by atoms with Crippen molar-refractivity contribution >= 4 is 29.3 Å². The van der Waals surface area contributed by atoms with Crippen LogP contribution in [0.1, 0.15) is 6.92 Å². The molecule has 120 valence electrons. The third-order valence-electron chi connectivity index (χ3n) is 3.56. The number of amides is 2. The van der Waals surface area contributed by atoms with Gasteiger partial charge in [-0.15, -0.1) is 11.8 Å². The molecule has 2 heterocycles. The zero-order valence-electron chi connectivity index (χ0n) is 12.8. The van der Waals surface area contributed by atoms with E-state index in [1.807, 2.05) is 42.0 Å². The van der Waals surface area contributed by atoms with Crippen LogP contribution in [0.5, 0.6) is 0 Å². The maximum atomic E-state index is 12.3. The molecule has 0 spiro atoms. The maximum absolute atomic E-state index is 12.3. The van der Waals surface area contributed by atoms with Crippen LogP contribution in [0.3, 0.4) is 0 Å². The van der Waals surface area contributed by atoms with E-state index in [-0.39, 0.29) is 24.4 Å². The molecule has 6 nitrogen and oxygen atoms in total. The van der Waals surface area contributed by atoms with E-state index in [4.69, 9.17) is 0 Å². The van der Waals surface area contributed by atoms with Gasteiger partial charge in [0.25, 0.3) is 0 Å². The molecule has 3 rings (SSSR count). The number of carbonyl (C=O) groups is 2. The van der Waals surface area contributed by atoms with Gasteiger partial charge in [-0.1, -0.05) is 12.1 Å². The number of nitrogens with zero attached hydrogens (tertiary/aromatic N) is 3. The van der Waals surface area contributed by atoms with Crippen LogP contribution in [0.4, 0.5) is 5.69 Å². The first-order valence-electron chi connectivity index (χ1n) is 7.41. The largest absolute Gasteiger partial charge is 0.350 e. The number of fused-ring (bicyclic) bond motifs is 1. The molecule has 1 aromatic carbocycles. The number of para-hydroxylation sites is 1. The molecule has 0 radical (unpaired) electrons. The number of carbonyl (C=O) groups excluding carboxylic acids is 2. The molecule has 1 unspecified atom stereocenters. The molecule has 2 aromatic rings. The highest BCUT2D eigenvalue weighted by Gasteiger charge is 2.26. The molecule has 0 fully saturated rings. The Morgan fingerprint density at radius 1 is 1.43 bits per heavy atom. The van der Waals surface area contributed by atoms with Crippen LogP contribution in [0.25, 0.3) is 0 Å². The lowest BCUT2D eigenvalue weighted by Gasteiger charge is -2.28. The van der Waals surface area contributed by atoms with Crippen molar-refractivity contribution in [3.8, 4) is 0 Å². The lowest BCUT2D eigenvalue weighted by atomic mass is 10.2. The van der Waals surface area contributed by atoms with E-state index in [0.29, 0.717) is 12.3 Å². The quantitative estimate of drug-likeness (QED) is 0.903. The van der Waals surface area contributed by atoms with Crippen LogP contribution in [-0.2, 0) is 16.1 Å². The van der Waals surface area contributed by atoms with E-state index in [9.17, 15) is 9.59 Å². The molecule has 1 N–H and O–H groups in total. The summed E-state index contributed by atoms with van der Waals surface area (Å²) in [5, 5.41) is 2.93. The van der Waals surface area contributed by atoms with Gasteiger partial charge in [0.2, 0.25) is 11.8 Å². The van der Waals surface area contributed by atoms with Gasteiger partial charge in [0, 0.05) is 29.9 Å². The van der Waals surface area contributed by atoms with Gasteiger partial charge in [-0.05, 0) is 19.1 Å². The lowest BCUT2D eigenvalue weighted by molar-refractivity contribution is -0.123. The summed E-state index contributed by atoms with van der Waals surface area (Å²) >= 11 is 1.51. The SMILES string of the molecule is CC(Cn1ccnc1)NC(=O)CN1C(=O)CSc2ccccc21. The molecule has 1 aliphatic rings. The van der Waals surface area contributed by atoms with Crippen molar-refractivity contribution in [2.75, 3.05) is 17.2 Å². The molecule has 0 saturated heterocycles. The Balaban J connectivity index is 1.62. The molecule has 1 atom stereocenters. The number of imidazole rings is 1. The highest BCUT2D eigenvalue weighted by Crippen LogP contribution is 2.34. The fourth-order valence-electron chi connectivity index (χ4n) is 2.55. The standard InChI is InChI=1S/C16H18N4O2S/c1-12(8-19-7-6-17-11-19)18-15(21)9-20-13-4-2-3-5-14(13)23-10-16(20)22/h2-7,11-12H,8-10H2,1H3,(H,18,21). The molecule has 23 heavy (non-hydrogen) atoms. The minimum Gasteiger partial charge on any atom is -0.350 e. The van der Waals surface area contributed by atoms with Gasteiger partial charge >= 0.3 is 0 Å². The summed E-state index contributed by atoms with van der Waals surface area (Å²) in [6, 6.07) is 7.62. The van der Waals surface area contributed by atoms with Gasteiger partial charge < -0.3 is 14.8 Å². The highest BCUT2D eigenvalue weighted by atomic mass is 32.2. The maximum Gasteiger partial charge on any atom is 0.240 e. The Bertz CT molecular complexity index is 702. The number of hydrogen-bond donors (Lipinski definition) is 1. The monoisotopic (exact) mass is 330 g/mol. The normalized spacial score (nSPS) is 15.2. The van der Waals surface area contributed by atoms with Gasteiger partial charge in [0.1, 0.15) is 6.54 Å².